The van der Waals surface area contributed by atoms with Gasteiger partial charge in [0.15, 0.2) is 6.10 Å². The molecule has 4 rings (SSSR count). The molecular formula is C59H88N12O13S. The highest BCUT2D eigenvalue weighted by molar-refractivity contribution is 7.09. The molecule has 1 fully saturated rings. The van der Waals surface area contributed by atoms with Gasteiger partial charge in [-0.25, -0.2) is 14.6 Å². The van der Waals surface area contributed by atoms with Crippen molar-refractivity contribution in [2.45, 2.75) is 167 Å². The molecule has 11 amide bonds. The van der Waals surface area contributed by atoms with Crippen molar-refractivity contribution in [2.24, 2.45) is 23.5 Å². The number of carbonyl (C=O) groups excluding carboxylic acids is 10. The molecule has 2 aliphatic heterocycles. The molecule has 1 aromatic heterocycles. The number of aliphatic carboxylic acids is 1. The molecule has 85 heavy (non-hydrogen) atoms. The average Bonchev–Trinajstić information content (AvgIpc) is 4.24. The van der Waals surface area contributed by atoms with E-state index >= 15 is 0 Å². The van der Waals surface area contributed by atoms with Gasteiger partial charge in [-0.2, -0.15) is 0 Å². The third-order valence-electron chi connectivity index (χ3n) is 15.3. The summed E-state index contributed by atoms with van der Waals surface area (Å²) in [5.41, 5.74) is 6.77. The van der Waals surface area contributed by atoms with Gasteiger partial charge in [-0.15, -0.1) is 11.3 Å². The van der Waals surface area contributed by atoms with Crippen molar-refractivity contribution in [1.82, 2.24) is 51.6 Å². The van der Waals surface area contributed by atoms with Crippen LogP contribution in [0, 0.1) is 17.8 Å². The normalized spacial score (nSPS) is 17.0. The number of carbonyl (C=O) groups is 11. The van der Waals surface area contributed by atoms with E-state index in [1.807, 2.05) is 25.8 Å². The molecule has 9 atom stereocenters. The average molecular weight is 1210 g/mol. The molecule has 2 aromatic rings. The van der Waals surface area contributed by atoms with Crippen molar-refractivity contribution >= 4 is 82.4 Å². The van der Waals surface area contributed by atoms with Crippen LogP contribution in [-0.2, 0) is 49.5 Å². The van der Waals surface area contributed by atoms with E-state index in [1.165, 1.54) is 36.4 Å². The number of amides is 11. The molecule has 1 aromatic carbocycles. The number of nitrogens with two attached hydrogens (primary N) is 1. The van der Waals surface area contributed by atoms with Crippen molar-refractivity contribution in [1.29, 1.82) is 0 Å². The smallest absolute Gasteiger partial charge is 0.407 e. The molecule has 1 saturated heterocycles. The van der Waals surface area contributed by atoms with Crippen LogP contribution in [-0.4, -0.2) is 167 Å². The molecule has 0 spiro atoms. The number of imide groups is 1. The molecule has 0 saturated carbocycles. The van der Waals surface area contributed by atoms with E-state index < -0.39 is 84.0 Å². The number of alkyl carbamates (subject to hydrolysis) is 1. The molecular weight excluding hydrogens is 1120 g/mol. The van der Waals surface area contributed by atoms with Gasteiger partial charge in [0, 0.05) is 69.3 Å². The van der Waals surface area contributed by atoms with Crippen molar-refractivity contribution in [2.75, 3.05) is 46.1 Å². The van der Waals surface area contributed by atoms with E-state index in [1.54, 1.807) is 52.1 Å². The zero-order valence-electron chi connectivity index (χ0n) is 50.5. The number of unbranched alkanes of at least 4 members (excludes halogenated alkanes) is 2. The van der Waals surface area contributed by atoms with Gasteiger partial charge >= 0.3 is 18.1 Å². The van der Waals surface area contributed by atoms with Crippen LogP contribution in [0.15, 0.2) is 53.9 Å². The molecule has 2 aliphatic rings. The van der Waals surface area contributed by atoms with E-state index in [9.17, 15) is 57.8 Å². The predicted octanol–water partition coefficient (Wildman–Crippen LogP) is 4.30. The maximum atomic E-state index is 14.4. The third-order valence-corrected chi connectivity index (χ3v) is 16.2. The highest BCUT2D eigenvalue weighted by atomic mass is 32.1. The van der Waals surface area contributed by atoms with E-state index in [4.69, 9.17) is 10.5 Å². The Morgan fingerprint density at radius 3 is 2.18 bits per heavy atom. The molecule has 9 unspecified atom stereocenters. The number of hydrogen-bond donors (Lipinski definition) is 9. The van der Waals surface area contributed by atoms with Crippen molar-refractivity contribution in [3.63, 3.8) is 0 Å². The quantitative estimate of drug-likeness (QED) is 0.0268. The molecule has 468 valence electrons. The lowest BCUT2D eigenvalue weighted by atomic mass is 9.94. The lowest BCUT2D eigenvalue weighted by molar-refractivity contribution is -0.141. The van der Waals surface area contributed by atoms with Gasteiger partial charge in [0.05, 0.1) is 18.0 Å². The van der Waals surface area contributed by atoms with Gasteiger partial charge in [0.25, 0.3) is 17.7 Å². The number of rotatable bonds is 34. The van der Waals surface area contributed by atoms with Gasteiger partial charge in [-0.1, -0.05) is 78.2 Å². The Hall–Kier alpha value is -7.74. The van der Waals surface area contributed by atoms with E-state index in [-0.39, 0.29) is 104 Å². The highest BCUT2D eigenvalue weighted by Crippen LogP contribution is 2.31. The van der Waals surface area contributed by atoms with Crippen molar-refractivity contribution in [3.8, 4) is 0 Å². The van der Waals surface area contributed by atoms with E-state index in [0.29, 0.717) is 48.9 Å². The first-order chi connectivity index (χ1) is 40.2. The summed E-state index contributed by atoms with van der Waals surface area (Å²) in [5, 5.41) is 30.8. The Kier molecular flexibility index (Phi) is 28.1. The minimum absolute atomic E-state index is 0.00176. The number of ether oxygens (including phenoxy) is 1. The number of likely N-dealkylation sites (N-methyl/N-ethyl adjacent to an activating group) is 2. The van der Waals surface area contributed by atoms with Crippen LogP contribution >= 0.6 is 11.3 Å². The van der Waals surface area contributed by atoms with E-state index in [0.717, 1.165) is 35.6 Å². The topological polar surface area (TPSA) is 350 Å². The van der Waals surface area contributed by atoms with Crippen LogP contribution in [0.2, 0.25) is 0 Å². The first kappa shape index (κ1) is 69.8. The number of primary amides is 1. The summed E-state index contributed by atoms with van der Waals surface area (Å²) in [6, 6.07) is 1.02. The Bertz CT molecular complexity index is 2700. The number of carboxylic acids is 1. The molecule has 0 aliphatic carbocycles. The summed E-state index contributed by atoms with van der Waals surface area (Å²) in [6.07, 6.45) is 5.80. The Balaban J connectivity index is 1.46. The second kappa shape index (κ2) is 34.3. The minimum atomic E-state index is -1.13. The molecule has 10 N–H and O–H groups in total. The Morgan fingerprint density at radius 1 is 0.894 bits per heavy atom. The maximum absolute atomic E-state index is 14.4. The second-order valence-corrected chi connectivity index (χ2v) is 23.3. The van der Waals surface area contributed by atoms with Crippen LogP contribution in [0.1, 0.15) is 146 Å². The van der Waals surface area contributed by atoms with Gasteiger partial charge in [-0.05, 0) is 101 Å². The largest absolute Gasteiger partial charge is 0.481 e. The third kappa shape index (κ3) is 22.0. The zero-order valence-corrected chi connectivity index (χ0v) is 51.3. The fourth-order valence-corrected chi connectivity index (χ4v) is 10.8. The number of hydrogen-bond acceptors (Lipinski definition) is 15. The number of thiazole rings is 1. The Labute approximate surface area is 501 Å². The number of piperidine rings is 1. The SMILES string of the molecule is C=C(C)C(CC(OC(=O)NC)c1nc(C(=O)NC(Cc2ccc(NC(=O)C(CCCNC(N)=O)NC(=O)C(NC(=O)CCCCCN3C(=O)C=CC3=O)C(C)C)cc2)CC(C)C(=O)O)cs1)N(C)C(=O)C(NC(=O)C1CCCCN1C)C(C)CC. The van der Waals surface area contributed by atoms with Gasteiger partial charge < -0.3 is 57.7 Å². The van der Waals surface area contributed by atoms with Crippen molar-refractivity contribution < 1.29 is 62.6 Å². The number of benzene rings is 1. The van der Waals surface area contributed by atoms with Gasteiger partial charge in [0.2, 0.25) is 29.5 Å². The number of nitrogens with zero attached hydrogens (tertiary/aromatic N) is 4. The van der Waals surface area contributed by atoms with Gasteiger partial charge in [0.1, 0.15) is 28.8 Å². The van der Waals surface area contributed by atoms with Crippen LogP contribution in [0.4, 0.5) is 15.3 Å². The first-order valence-electron chi connectivity index (χ1n) is 29.1. The number of nitrogens with one attached hydrogen (secondary N) is 7. The molecule has 0 bridgehead atoms. The molecule has 0 radical (unpaired) electrons. The fraction of sp³-hybridized carbons (Fsp3) is 0.593. The summed E-state index contributed by atoms with van der Waals surface area (Å²) in [6.45, 7) is 15.9. The summed E-state index contributed by atoms with van der Waals surface area (Å²) in [7, 11) is 4.90. The maximum Gasteiger partial charge on any atom is 0.407 e. The monoisotopic (exact) mass is 1200 g/mol. The fourth-order valence-electron chi connectivity index (χ4n) is 9.96. The lowest BCUT2D eigenvalue weighted by Crippen LogP contribution is -2.57. The number of urea groups is 1. The van der Waals surface area contributed by atoms with Crippen molar-refractivity contribution in [3.05, 3.63) is 70.2 Å². The highest BCUT2D eigenvalue weighted by Gasteiger charge is 2.38. The summed E-state index contributed by atoms with van der Waals surface area (Å²) in [4.78, 5) is 152. The van der Waals surface area contributed by atoms with Crippen LogP contribution < -0.4 is 43.0 Å². The molecule has 26 heteroatoms. The van der Waals surface area contributed by atoms with Crippen LogP contribution in [0.3, 0.4) is 0 Å². The van der Waals surface area contributed by atoms with Crippen LogP contribution in [0.5, 0.6) is 0 Å². The second-order valence-electron chi connectivity index (χ2n) is 22.4. The standard InChI is InChI=1S/C59H88N12O13S/c1-11-36(6)50(68-53(77)43-19-14-16-28-69(43)9)56(79)70(10)44(34(2)3)32-45(84-59(83)61-8)55-66-42(33-85-55)52(76)64-40(30-37(7)57(80)81)31-38-21-23-39(24-22-38)63-51(75)41(18-17-27-62-58(60)82)65-54(78)49(35(4)5)67-46(72)20-13-12-15-29-71-47(73)25-26-48(71)74/h21-26,33,35-37,40-41,43-45,49-50H,2,11-20,27-32H2,1,3-10H3,(H,61,83)(H,63,75)(H,64,76)(H,65,78)(H,67,72)(H,68,77)(H,80,81)(H3,60,62,82). The van der Waals surface area contributed by atoms with Gasteiger partial charge in [-0.3, -0.25) is 53.0 Å². The molecule has 3 heterocycles. The first-order valence-corrected chi connectivity index (χ1v) is 30.0. The van der Waals surface area contributed by atoms with E-state index in [2.05, 4.69) is 48.8 Å². The summed E-state index contributed by atoms with van der Waals surface area (Å²) < 4.78 is 5.82. The lowest BCUT2D eigenvalue weighted by Gasteiger charge is -2.37. The number of anilines is 1. The molecule has 25 nitrogen and oxygen atoms in total. The number of carboxylic acid groups (broad SMARTS) is 1. The zero-order chi connectivity index (χ0) is 63.1. The number of likely N-dealkylation sites (tertiary alicyclic amines) is 1. The Morgan fingerprint density at radius 2 is 1.58 bits per heavy atom. The minimum Gasteiger partial charge on any atom is -0.481 e. The predicted molar refractivity (Wildman–Crippen MR) is 319 cm³/mol. The number of aromatic nitrogens is 1. The summed E-state index contributed by atoms with van der Waals surface area (Å²) in [5.74, 6) is -6.13. The van der Waals surface area contributed by atoms with Crippen LogP contribution in [0.25, 0.3) is 0 Å². The summed E-state index contributed by atoms with van der Waals surface area (Å²) >= 11 is 1.05.